The largest absolute Gasteiger partial charge is 0.390 e. The summed E-state index contributed by atoms with van der Waals surface area (Å²) in [5.74, 6) is 0. The standard InChI is InChI=1S/C10H13BrF3NS/c1-2-3-15-9(4-10(12,13)14)7-5-16-6-8(7)11/h5-6,9,15H,2-4H2,1H3. The first kappa shape index (κ1) is 14.0. The van der Waals surface area contributed by atoms with Crippen LogP contribution in [0.4, 0.5) is 13.2 Å². The van der Waals surface area contributed by atoms with E-state index in [1.165, 1.54) is 11.3 Å². The SMILES string of the molecule is CCCNC(CC(F)(F)F)c1cscc1Br. The highest BCUT2D eigenvalue weighted by molar-refractivity contribution is 9.10. The number of hydrogen-bond acceptors (Lipinski definition) is 2. The summed E-state index contributed by atoms with van der Waals surface area (Å²) in [5.41, 5.74) is 0.691. The molecule has 1 aromatic rings. The van der Waals surface area contributed by atoms with E-state index < -0.39 is 18.6 Å². The summed E-state index contributed by atoms with van der Waals surface area (Å²) in [5, 5.41) is 6.48. The molecule has 0 radical (unpaired) electrons. The van der Waals surface area contributed by atoms with Crippen LogP contribution in [0.1, 0.15) is 31.4 Å². The van der Waals surface area contributed by atoms with Crippen molar-refractivity contribution in [1.29, 1.82) is 0 Å². The number of thiophene rings is 1. The van der Waals surface area contributed by atoms with E-state index >= 15 is 0 Å². The second kappa shape index (κ2) is 6.02. The Labute approximate surface area is 105 Å². The molecule has 1 unspecified atom stereocenters. The van der Waals surface area contributed by atoms with E-state index in [0.29, 0.717) is 12.1 Å². The zero-order valence-electron chi connectivity index (χ0n) is 8.77. The maximum atomic E-state index is 12.4. The molecule has 0 bridgehead atoms. The number of halogens is 4. The number of alkyl halides is 3. The minimum absolute atomic E-state index is 0.586. The van der Waals surface area contributed by atoms with Crippen molar-refractivity contribution in [3.63, 3.8) is 0 Å². The van der Waals surface area contributed by atoms with Gasteiger partial charge in [-0.3, -0.25) is 0 Å². The Balaban J connectivity index is 2.75. The van der Waals surface area contributed by atoms with Crippen LogP contribution in [0.15, 0.2) is 15.2 Å². The highest BCUT2D eigenvalue weighted by Crippen LogP contribution is 2.34. The molecule has 0 fully saturated rings. The van der Waals surface area contributed by atoms with Crippen LogP contribution in [-0.2, 0) is 0 Å². The van der Waals surface area contributed by atoms with Gasteiger partial charge in [0.2, 0.25) is 0 Å². The normalized spacial score (nSPS) is 14.1. The van der Waals surface area contributed by atoms with Gasteiger partial charge in [-0.2, -0.15) is 24.5 Å². The Morgan fingerprint density at radius 3 is 2.56 bits per heavy atom. The third-order valence-corrected chi connectivity index (χ3v) is 3.85. The third-order valence-electron chi connectivity index (χ3n) is 2.09. The fraction of sp³-hybridized carbons (Fsp3) is 0.600. The summed E-state index contributed by atoms with van der Waals surface area (Å²) < 4.78 is 38.0. The summed E-state index contributed by atoms with van der Waals surface area (Å²) in [6.45, 7) is 2.52. The van der Waals surface area contributed by atoms with Crippen LogP contribution in [0, 0.1) is 0 Å². The van der Waals surface area contributed by atoms with Crippen molar-refractivity contribution in [3.05, 3.63) is 20.8 Å². The average Bonchev–Trinajstić information content (AvgIpc) is 2.57. The molecular formula is C10H13BrF3NS. The Hall–Kier alpha value is -0.0700. The Bertz CT molecular complexity index is 324. The first-order valence-corrected chi connectivity index (χ1v) is 6.69. The van der Waals surface area contributed by atoms with Crippen molar-refractivity contribution >= 4 is 27.3 Å². The van der Waals surface area contributed by atoms with Gasteiger partial charge in [0, 0.05) is 15.9 Å². The molecular weight excluding hydrogens is 303 g/mol. The molecule has 0 aromatic carbocycles. The number of rotatable bonds is 5. The summed E-state index contributed by atoms with van der Waals surface area (Å²) in [6, 6.07) is -0.652. The number of hydrogen-bond donors (Lipinski definition) is 1. The van der Waals surface area contributed by atoms with Crippen molar-refractivity contribution in [2.45, 2.75) is 32.0 Å². The van der Waals surface area contributed by atoms with Gasteiger partial charge >= 0.3 is 6.18 Å². The summed E-state index contributed by atoms with van der Waals surface area (Å²) in [7, 11) is 0. The van der Waals surface area contributed by atoms with Crippen LogP contribution < -0.4 is 5.32 Å². The van der Waals surface area contributed by atoms with E-state index in [0.717, 1.165) is 10.9 Å². The van der Waals surface area contributed by atoms with E-state index in [9.17, 15) is 13.2 Å². The van der Waals surface area contributed by atoms with Gasteiger partial charge in [0.25, 0.3) is 0 Å². The van der Waals surface area contributed by atoms with Crippen LogP contribution in [0.2, 0.25) is 0 Å². The molecule has 1 N–H and O–H groups in total. The van der Waals surface area contributed by atoms with Crippen molar-refractivity contribution in [3.8, 4) is 0 Å². The first-order chi connectivity index (χ1) is 7.44. The second-order valence-corrected chi connectivity index (χ2v) is 5.10. The topological polar surface area (TPSA) is 12.0 Å². The van der Waals surface area contributed by atoms with Crippen molar-refractivity contribution in [1.82, 2.24) is 5.32 Å². The third kappa shape index (κ3) is 4.43. The molecule has 1 aromatic heterocycles. The molecule has 0 amide bonds. The molecule has 1 rings (SSSR count). The van der Waals surface area contributed by atoms with Gasteiger partial charge in [-0.25, -0.2) is 0 Å². The number of nitrogens with one attached hydrogen (secondary N) is 1. The molecule has 1 nitrogen and oxygen atoms in total. The Kier molecular flexibility index (Phi) is 5.27. The highest BCUT2D eigenvalue weighted by atomic mass is 79.9. The Morgan fingerprint density at radius 2 is 2.12 bits per heavy atom. The van der Waals surface area contributed by atoms with Gasteiger partial charge in [-0.15, -0.1) is 0 Å². The summed E-state index contributed by atoms with van der Waals surface area (Å²) in [6.07, 6.45) is -4.16. The molecule has 1 heterocycles. The molecule has 0 saturated heterocycles. The Morgan fingerprint density at radius 1 is 1.44 bits per heavy atom. The smallest absolute Gasteiger partial charge is 0.310 e. The van der Waals surface area contributed by atoms with Gasteiger partial charge in [0.05, 0.1) is 6.42 Å². The zero-order chi connectivity index (χ0) is 12.2. The van der Waals surface area contributed by atoms with Gasteiger partial charge in [-0.05, 0) is 39.8 Å². The van der Waals surface area contributed by atoms with Gasteiger partial charge in [0.1, 0.15) is 0 Å². The highest BCUT2D eigenvalue weighted by Gasteiger charge is 2.33. The molecule has 1 atom stereocenters. The lowest BCUT2D eigenvalue weighted by Gasteiger charge is -2.19. The molecule has 16 heavy (non-hydrogen) atoms. The van der Waals surface area contributed by atoms with Crippen LogP contribution in [-0.4, -0.2) is 12.7 Å². The maximum Gasteiger partial charge on any atom is 0.390 e. The molecule has 0 aliphatic rings. The predicted molar refractivity (Wildman–Crippen MR) is 63.7 cm³/mol. The van der Waals surface area contributed by atoms with Crippen LogP contribution in [0.3, 0.4) is 0 Å². The lowest BCUT2D eigenvalue weighted by molar-refractivity contribution is -0.140. The van der Waals surface area contributed by atoms with E-state index in [2.05, 4.69) is 21.2 Å². The molecule has 0 spiro atoms. The quantitative estimate of drug-likeness (QED) is 0.843. The molecule has 0 aliphatic carbocycles. The minimum atomic E-state index is -4.15. The zero-order valence-corrected chi connectivity index (χ0v) is 11.2. The van der Waals surface area contributed by atoms with E-state index in [-0.39, 0.29) is 0 Å². The predicted octanol–water partition coefficient (Wildman–Crippen LogP) is 4.50. The first-order valence-electron chi connectivity index (χ1n) is 4.95. The van der Waals surface area contributed by atoms with E-state index in [1.54, 1.807) is 10.8 Å². The molecule has 0 aliphatic heterocycles. The average molecular weight is 316 g/mol. The van der Waals surface area contributed by atoms with E-state index in [4.69, 9.17) is 0 Å². The van der Waals surface area contributed by atoms with Crippen molar-refractivity contribution < 1.29 is 13.2 Å². The fourth-order valence-corrected chi connectivity index (χ4v) is 3.01. The molecule has 6 heteroatoms. The van der Waals surface area contributed by atoms with Crippen molar-refractivity contribution in [2.75, 3.05) is 6.54 Å². The fourth-order valence-electron chi connectivity index (χ4n) is 1.38. The van der Waals surface area contributed by atoms with E-state index in [1.807, 2.05) is 6.92 Å². The second-order valence-electron chi connectivity index (χ2n) is 3.50. The maximum absolute atomic E-state index is 12.4. The molecule has 92 valence electrons. The van der Waals surface area contributed by atoms with Gasteiger partial charge in [0.15, 0.2) is 0 Å². The van der Waals surface area contributed by atoms with Gasteiger partial charge in [-0.1, -0.05) is 6.92 Å². The molecule has 0 saturated carbocycles. The lowest BCUT2D eigenvalue weighted by atomic mass is 10.1. The lowest BCUT2D eigenvalue weighted by Crippen LogP contribution is -2.27. The van der Waals surface area contributed by atoms with Crippen molar-refractivity contribution in [2.24, 2.45) is 0 Å². The van der Waals surface area contributed by atoms with Crippen LogP contribution in [0.25, 0.3) is 0 Å². The summed E-state index contributed by atoms with van der Waals surface area (Å²) >= 11 is 4.67. The minimum Gasteiger partial charge on any atom is -0.310 e. The summed E-state index contributed by atoms with van der Waals surface area (Å²) in [4.78, 5) is 0. The van der Waals surface area contributed by atoms with Crippen LogP contribution in [0.5, 0.6) is 0 Å². The van der Waals surface area contributed by atoms with Gasteiger partial charge < -0.3 is 5.32 Å². The van der Waals surface area contributed by atoms with Crippen LogP contribution >= 0.6 is 27.3 Å². The monoisotopic (exact) mass is 315 g/mol.